The summed E-state index contributed by atoms with van der Waals surface area (Å²) in [5.74, 6) is 1.71. The summed E-state index contributed by atoms with van der Waals surface area (Å²) in [4.78, 5) is 15.8. The molecule has 12 aromatic rings. The van der Waals surface area contributed by atoms with Gasteiger partial charge in [-0.1, -0.05) is 121 Å². The second kappa shape index (κ2) is 11.5. The van der Waals surface area contributed by atoms with E-state index in [2.05, 4.69) is 95.6 Å². The van der Waals surface area contributed by atoms with Gasteiger partial charge in [-0.05, 0) is 59.3 Å². The maximum Gasteiger partial charge on any atom is 0.166 e. The molecule has 0 spiro atoms. The molecule has 4 aromatic heterocycles. The minimum atomic E-state index is 0.558. The van der Waals surface area contributed by atoms with Crippen LogP contribution in [0.15, 0.2) is 179 Å². The van der Waals surface area contributed by atoms with Crippen LogP contribution in [0.2, 0.25) is 0 Å². The van der Waals surface area contributed by atoms with E-state index in [9.17, 15) is 0 Å². The number of fused-ring (bicyclic) bond motifs is 10. The van der Waals surface area contributed by atoms with E-state index in [0.29, 0.717) is 17.5 Å². The van der Waals surface area contributed by atoms with Gasteiger partial charge in [0.1, 0.15) is 22.3 Å². The largest absolute Gasteiger partial charge is 0.456 e. The molecule has 256 valence electrons. The molecule has 0 atom stereocenters. The number of furan rings is 2. The van der Waals surface area contributed by atoms with E-state index in [1.54, 1.807) is 0 Å². The highest BCUT2D eigenvalue weighted by Gasteiger charge is 2.25. The normalized spacial score (nSPS) is 12.0. The zero-order chi connectivity index (χ0) is 36.0. The summed E-state index contributed by atoms with van der Waals surface area (Å²) in [6, 6.07) is 58.5. The molecule has 0 aliphatic heterocycles. The monoisotopic (exact) mass is 704 g/mol. The van der Waals surface area contributed by atoms with Crippen molar-refractivity contribution in [1.29, 1.82) is 0 Å². The van der Waals surface area contributed by atoms with Crippen LogP contribution in [0.4, 0.5) is 0 Å². The van der Waals surface area contributed by atoms with Gasteiger partial charge in [-0.3, -0.25) is 0 Å². The molecule has 0 saturated heterocycles. The Labute approximate surface area is 313 Å². The summed E-state index contributed by atoms with van der Waals surface area (Å²) < 4.78 is 15.3. The molecule has 0 N–H and O–H groups in total. The standard InChI is InChI=1S/C49H28N4O2/c1-2-13-29(14-3-1)47-50-48(35-20-12-24-42-44(35)33-18-7-10-22-40(33)54-42)52-49(51-47)36-25-26-43-45(34-19-8-11-23-41(34)55-43)46(36)53-38-21-9-6-17-32(38)37-27-30-15-4-5-16-31(30)28-39(37)53/h1-28H. The molecule has 0 radical (unpaired) electrons. The van der Waals surface area contributed by atoms with Crippen molar-refractivity contribution in [2.75, 3.05) is 0 Å². The average Bonchev–Trinajstić information content (AvgIpc) is 3.92. The minimum Gasteiger partial charge on any atom is -0.456 e. The summed E-state index contributed by atoms with van der Waals surface area (Å²) in [7, 11) is 0. The van der Waals surface area contributed by atoms with Crippen LogP contribution in [0, 0.1) is 0 Å². The summed E-state index contributed by atoms with van der Waals surface area (Å²) >= 11 is 0. The Morgan fingerprint density at radius 2 is 0.945 bits per heavy atom. The highest BCUT2D eigenvalue weighted by atomic mass is 16.3. The first-order valence-corrected chi connectivity index (χ1v) is 18.4. The third kappa shape index (κ3) is 4.46. The molecule has 0 fully saturated rings. The van der Waals surface area contributed by atoms with Crippen LogP contribution in [0.1, 0.15) is 0 Å². The Kier molecular flexibility index (Phi) is 6.24. The molecule has 8 aromatic carbocycles. The van der Waals surface area contributed by atoms with Gasteiger partial charge in [0.2, 0.25) is 0 Å². The Hall–Kier alpha value is -7.57. The quantitative estimate of drug-likeness (QED) is 0.182. The topological polar surface area (TPSA) is 69.9 Å². The van der Waals surface area contributed by atoms with Gasteiger partial charge in [0.05, 0.1) is 22.1 Å². The molecule has 6 heteroatoms. The first-order chi connectivity index (χ1) is 27.3. The van der Waals surface area contributed by atoms with E-state index in [1.807, 2.05) is 78.9 Å². The molecule has 0 amide bonds. The van der Waals surface area contributed by atoms with Crippen molar-refractivity contribution in [1.82, 2.24) is 19.5 Å². The predicted molar refractivity (Wildman–Crippen MR) is 223 cm³/mol. The third-order valence-electron chi connectivity index (χ3n) is 10.8. The number of hydrogen-bond acceptors (Lipinski definition) is 5. The Balaban J connectivity index is 1.24. The molecule has 0 saturated carbocycles. The zero-order valence-corrected chi connectivity index (χ0v) is 29.3. The molecular formula is C49H28N4O2. The number of rotatable bonds is 4. The average molecular weight is 705 g/mol. The molecular weight excluding hydrogens is 677 g/mol. The molecule has 12 rings (SSSR count). The van der Waals surface area contributed by atoms with Crippen molar-refractivity contribution in [3.63, 3.8) is 0 Å². The first-order valence-electron chi connectivity index (χ1n) is 18.4. The number of nitrogens with zero attached hydrogens (tertiary/aromatic N) is 4. The number of aromatic nitrogens is 4. The van der Waals surface area contributed by atoms with Crippen molar-refractivity contribution >= 4 is 76.5 Å². The maximum atomic E-state index is 6.57. The molecule has 55 heavy (non-hydrogen) atoms. The van der Waals surface area contributed by atoms with Crippen molar-refractivity contribution in [3.8, 4) is 39.9 Å². The third-order valence-corrected chi connectivity index (χ3v) is 10.8. The molecule has 0 bridgehead atoms. The lowest BCUT2D eigenvalue weighted by Gasteiger charge is -2.16. The van der Waals surface area contributed by atoms with Crippen molar-refractivity contribution in [3.05, 3.63) is 170 Å². The number of hydrogen-bond donors (Lipinski definition) is 0. The van der Waals surface area contributed by atoms with Gasteiger partial charge in [0.25, 0.3) is 0 Å². The van der Waals surface area contributed by atoms with Crippen LogP contribution in [-0.4, -0.2) is 19.5 Å². The fourth-order valence-corrected chi connectivity index (χ4v) is 8.40. The maximum absolute atomic E-state index is 6.57. The minimum absolute atomic E-state index is 0.558. The second-order valence-corrected chi connectivity index (χ2v) is 14.0. The lowest BCUT2D eigenvalue weighted by Crippen LogP contribution is -2.04. The second-order valence-electron chi connectivity index (χ2n) is 14.0. The highest BCUT2D eigenvalue weighted by Crippen LogP contribution is 2.44. The highest BCUT2D eigenvalue weighted by molar-refractivity contribution is 6.18. The van der Waals surface area contributed by atoms with Gasteiger partial charge < -0.3 is 13.4 Å². The van der Waals surface area contributed by atoms with Gasteiger partial charge in [0, 0.05) is 43.6 Å². The summed E-state index contributed by atoms with van der Waals surface area (Å²) in [6.45, 7) is 0. The van der Waals surface area contributed by atoms with Gasteiger partial charge >= 0.3 is 0 Å². The van der Waals surface area contributed by atoms with Crippen molar-refractivity contribution in [2.45, 2.75) is 0 Å². The lowest BCUT2D eigenvalue weighted by molar-refractivity contribution is 0.668. The van der Waals surface area contributed by atoms with E-state index in [0.717, 1.165) is 77.3 Å². The van der Waals surface area contributed by atoms with Crippen molar-refractivity contribution in [2.24, 2.45) is 0 Å². The van der Waals surface area contributed by atoms with Crippen LogP contribution >= 0.6 is 0 Å². The Morgan fingerprint density at radius 3 is 1.73 bits per heavy atom. The number of benzene rings is 8. The van der Waals surface area contributed by atoms with E-state index >= 15 is 0 Å². The van der Waals surface area contributed by atoms with Gasteiger partial charge in [-0.25, -0.2) is 15.0 Å². The molecule has 0 aliphatic carbocycles. The predicted octanol–water partition coefficient (Wildman–Crippen LogP) is 12.9. The first kappa shape index (κ1) is 29.9. The van der Waals surface area contributed by atoms with Crippen LogP contribution in [0.3, 0.4) is 0 Å². The lowest BCUT2D eigenvalue weighted by atomic mass is 10.0. The molecule has 4 heterocycles. The molecule has 0 unspecified atom stereocenters. The fourth-order valence-electron chi connectivity index (χ4n) is 8.40. The summed E-state index contributed by atoms with van der Waals surface area (Å²) in [6.07, 6.45) is 0. The van der Waals surface area contributed by atoms with E-state index < -0.39 is 0 Å². The molecule has 0 aliphatic rings. The fraction of sp³-hybridized carbons (Fsp3) is 0. The Bertz CT molecular complexity index is 3500. The summed E-state index contributed by atoms with van der Waals surface area (Å²) in [5.41, 5.74) is 8.98. The van der Waals surface area contributed by atoms with Gasteiger partial charge in [-0.15, -0.1) is 0 Å². The van der Waals surface area contributed by atoms with Crippen LogP contribution in [0.25, 0.3) is 116 Å². The van der Waals surface area contributed by atoms with Crippen LogP contribution in [0.5, 0.6) is 0 Å². The van der Waals surface area contributed by atoms with E-state index in [-0.39, 0.29) is 0 Å². The van der Waals surface area contributed by atoms with Gasteiger partial charge in [0.15, 0.2) is 17.5 Å². The van der Waals surface area contributed by atoms with Crippen LogP contribution < -0.4 is 0 Å². The SMILES string of the molecule is c1ccc(-c2nc(-c3ccc4oc5ccccc5c4c3-n3c4ccccc4c4cc5ccccc5cc43)nc(-c3cccc4oc5ccccc5c34)n2)cc1. The van der Waals surface area contributed by atoms with E-state index in [4.69, 9.17) is 23.8 Å². The Morgan fingerprint density at radius 1 is 0.364 bits per heavy atom. The number of para-hydroxylation sites is 3. The van der Waals surface area contributed by atoms with Crippen molar-refractivity contribution < 1.29 is 8.83 Å². The van der Waals surface area contributed by atoms with Gasteiger partial charge in [-0.2, -0.15) is 0 Å². The van der Waals surface area contributed by atoms with Crippen LogP contribution in [-0.2, 0) is 0 Å². The summed E-state index contributed by atoms with van der Waals surface area (Å²) in [5, 5.41) is 8.70. The molecule has 6 nitrogen and oxygen atoms in total. The van der Waals surface area contributed by atoms with E-state index in [1.165, 1.54) is 21.5 Å². The zero-order valence-electron chi connectivity index (χ0n) is 29.3. The smallest absolute Gasteiger partial charge is 0.166 e.